The van der Waals surface area contributed by atoms with Crippen molar-refractivity contribution in [2.24, 2.45) is 0 Å². The predicted octanol–water partition coefficient (Wildman–Crippen LogP) is 1.85. The highest BCUT2D eigenvalue weighted by atomic mass is 16.5. The second-order valence-electron chi connectivity index (χ2n) is 3.57. The average Bonchev–Trinajstić information content (AvgIpc) is 2.29. The van der Waals surface area contributed by atoms with Gasteiger partial charge in [0, 0.05) is 6.42 Å². The van der Waals surface area contributed by atoms with Crippen molar-refractivity contribution < 1.29 is 19.1 Å². The SMILES string of the molecule is CCC(=O)Oc1ccc2c(c1)CCC(=O)O2. The Kier molecular flexibility index (Phi) is 2.90. The van der Waals surface area contributed by atoms with E-state index >= 15 is 0 Å². The molecule has 4 heteroatoms. The van der Waals surface area contributed by atoms with Crippen LogP contribution in [0.1, 0.15) is 25.3 Å². The van der Waals surface area contributed by atoms with Crippen LogP contribution in [0.4, 0.5) is 0 Å². The molecule has 0 bridgehead atoms. The standard InChI is InChI=1S/C12H12O4/c1-2-11(13)15-9-4-5-10-8(7-9)3-6-12(14)16-10/h4-5,7H,2-3,6H2,1H3. The zero-order chi connectivity index (χ0) is 11.5. The van der Waals surface area contributed by atoms with Gasteiger partial charge in [-0.1, -0.05) is 6.92 Å². The molecule has 0 saturated carbocycles. The maximum absolute atomic E-state index is 11.1. The van der Waals surface area contributed by atoms with Gasteiger partial charge in [-0.25, -0.2) is 0 Å². The monoisotopic (exact) mass is 220 g/mol. The van der Waals surface area contributed by atoms with Gasteiger partial charge in [-0.3, -0.25) is 9.59 Å². The molecule has 84 valence electrons. The van der Waals surface area contributed by atoms with Crippen LogP contribution in [0.25, 0.3) is 0 Å². The Labute approximate surface area is 93.2 Å². The predicted molar refractivity (Wildman–Crippen MR) is 56.3 cm³/mol. The molecule has 16 heavy (non-hydrogen) atoms. The minimum atomic E-state index is -0.271. The smallest absolute Gasteiger partial charge is 0.311 e. The lowest BCUT2D eigenvalue weighted by molar-refractivity contribution is -0.136. The highest BCUT2D eigenvalue weighted by Crippen LogP contribution is 2.29. The maximum Gasteiger partial charge on any atom is 0.311 e. The van der Waals surface area contributed by atoms with Gasteiger partial charge in [-0.2, -0.15) is 0 Å². The van der Waals surface area contributed by atoms with E-state index in [1.54, 1.807) is 25.1 Å². The van der Waals surface area contributed by atoms with E-state index in [-0.39, 0.29) is 11.9 Å². The third-order valence-electron chi connectivity index (χ3n) is 2.37. The number of carbonyl (C=O) groups excluding carboxylic acids is 2. The molecule has 0 atom stereocenters. The van der Waals surface area contributed by atoms with Gasteiger partial charge >= 0.3 is 11.9 Å². The third-order valence-corrected chi connectivity index (χ3v) is 2.37. The molecule has 1 heterocycles. The molecule has 1 aliphatic rings. The lowest BCUT2D eigenvalue weighted by Crippen LogP contribution is -2.16. The van der Waals surface area contributed by atoms with E-state index in [9.17, 15) is 9.59 Å². The molecule has 1 aromatic carbocycles. The highest BCUT2D eigenvalue weighted by Gasteiger charge is 2.17. The zero-order valence-corrected chi connectivity index (χ0v) is 8.99. The summed E-state index contributed by atoms with van der Waals surface area (Å²) in [7, 11) is 0. The first-order valence-electron chi connectivity index (χ1n) is 5.23. The Morgan fingerprint density at radius 3 is 3.00 bits per heavy atom. The summed E-state index contributed by atoms with van der Waals surface area (Å²) in [6, 6.07) is 5.03. The van der Waals surface area contributed by atoms with Gasteiger partial charge in [0.25, 0.3) is 0 Å². The van der Waals surface area contributed by atoms with E-state index in [4.69, 9.17) is 9.47 Å². The van der Waals surface area contributed by atoms with E-state index < -0.39 is 0 Å². The highest BCUT2D eigenvalue weighted by molar-refractivity contribution is 5.76. The van der Waals surface area contributed by atoms with E-state index in [1.165, 1.54) is 0 Å². The van der Waals surface area contributed by atoms with E-state index in [1.807, 2.05) is 0 Å². The Bertz CT molecular complexity index is 437. The molecule has 4 nitrogen and oxygen atoms in total. The lowest BCUT2D eigenvalue weighted by Gasteiger charge is -2.15. The fourth-order valence-electron chi connectivity index (χ4n) is 1.53. The second-order valence-corrected chi connectivity index (χ2v) is 3.57. The van der Waals surface area contributed by atoms with Crippen LogP contribution in [-0.4, -0.2) is 11.9 Å². The van der Waals surface area contributed by atoms with Gasteiger partial charge in [-0.05, 0) is 30.2 Å². The topological polar surface area (TPSA) is 52.6 Å². The maximum atomic E-state index is 11.1. The minimum absolute atomic E-state index is 0.217. The zero-order valence-electron chi connectivity index (χ0n) is 8.99. The number of aryl methyl sites for hydroxylation is 1. The van der Waals surface area contributed by atoms with E-state index in [2.05, 4.69) is 0 Å². The number of hydrogen-bond donors (Lipinski definition) is 0. The van der Waals surface area contributed by atoms with Crippen molar-refractivity contribution in [3.05, 3.63) is 23.8 Å². The lowest BCUT2D eigenvalue weighted by atomic mass is 10.1. The van der Waals surface area contributed by atoms with Gasteiger partial charge in [0.05, 0.1) is 6.42 Å². The van der Waals surface area contributed by atoms with E-state index in [0.29, 0.717) is 30.8 Å². The second kappa shape index (κ2) is 4.35. The molecular weight excluding hydrogens is 208 g/mol. The largest absolute Gasteiger partial charge is 0.427 e. The van der Waals surface area contributed by atoms with Crippen LogP contribution < -0.4 is 9.47 Å². The third kappa shape index (κ3) is 2.21. The van der Waals surface area contributed by atoms with Gasteiger partial charge in [0.15, 0.2) is 0 Å². The van der Waals surface area contributed by atoms with Crippen molar-refractivity contribution in [2.45, 2.75) is 26.2 Å². The van der Waals surface area contributed by atoms with Crippen molar-refractivity contribution in [1.29, 1.82) is 0 Å². The molecule has 1 aromatic rings. The van der Waals surface area contributed by atoms with Gasteiger partial charge in [0.2, 0.25) is 0 Å². The van der Waals surface area contributed by atoms with Crippen molar-refractivity contribution in [3.8, 4) is 11.5 Å². The minimum Gasteiger partial charge on any atom is -0.427 e. The number of carbonyl (C=O) groups is 2. The summed E-state index contributed by atoms with van der Waals surface area (Å²) in [6.07, 6.45) is 1.34. The van der Waals surface area contributed by atoms with Crippen LogP contribution >= 0.6 is 0 Å². The number of fused-ring (bicyclic) bond motifs is 1. The summed E-state index contributed by atoms with van der Waals surface area (Å²) < 4.78 is 10.1. The number of benzene rings is 1. The molecule has 0 amide bonds. The van der Waals surface area contributed by atoms with Crippen LogP contribution in [0, 0.1) is 0 Å². The number of esters is 2. The molecule has 0 aromatic heterocycles. The van der Waals surface area contributed by atoms with Crippen LogP contribution in [0.2, 0.25) is 0 Å². The molecule has 0 radical (unpaired) electrons. The first-order valence-corrected chi connectivity index (χ1v) is 5.23. The Morgan fingerprint density at radius 1 is 1.44 bits per heavy atom. The Hall–Kier alpha value is -1.84. The molecular formula is C12H12O4. The van der Waals surface area contributed by atoms with Crippen molar-refractivity contribution in [1.82, 2.24) is 0 Å². The summed E-state index contributed by atoms with van der Waals surface area (Å²) in [5.74, 6) is 0.578. The fraction of sp³-hybridized carbons (Fsp3) is 0.333. The summed E-state index contributed by atoms with van der Waals surface area (Å²) in [5.41, 5.74) is 0.904. The Balaban J connectivity index is 2.19. The van der Waals surface area contributed by atoms with Crippen LogP contribution in [0.5, 0.6) is 11.5 Å². The van der Waals surface area contributed by atoms with Crippen molar-refractivity contribution >= 4 is 11.9 Å². The van der Waals surface area contributed by atoms with Crippen LogP contribution in [0.15, 0.2) is 18.2 Å². The molecule has 2 rings (SSSR count). The number of hydrogen-bond acceptors (Lipinski definition) is 4. The molecule has 0 spiro atoms. The first-order chi connectivity index (χ1) is 7.69. The molecule has 0 unspecified atom stereocenters. The van der Waals surface area contributed by atoms with Crippen LogP contribution in [-0.2, 0) is 16.0 Å². The number of ether oxygens (including phenoxy) is 2. The average molecular weight is 220 g/mol. The Morgan fingerprint density at radius 2 is 2.25 bits per heavy atom. The summed E-state index contributed by atoms with van der Waals surface area (Å²) in [5, 5.41) is 0. The van der Waals surface area contributed by atoms with Gasteiger partial charge in [0.1, 0.15) is 11.5 Å². The van der Waals surface area contributed by atoms with Gasteiger partial charge < -0.3 is 9.47 Å². The number of rotatable bonds is 2. The van der Waals surface area contributed by atoms with Crippen molar-refractivity contribution in [2.75, 3.05) is 0 Å². The van der Waals surface area contributed by atoms with Crippen molar-refractivity contribution in [3.63, 3.8) is 0 Å². The molecule has 0 N–H and O–H groups in total. The quantitative estimate of drug-likeness (QED) is 0.563. The molecule has 0 saturated heterocycles. The normalized spacial score (nSPS) is 13.9. The molecule has 0 fully saturated rings. The fourth-order valence-corrected chi connectivity index (χ4v) is 1.53. The summed E-state index contributed by atoms with van der Waals surface area (Å²) in [6.45, 7) is 1.74. The molecule has 1 aliphatic heterocycles. The van der Waals surface area contributed by atoms with Crippen LogP contribution in [0.3, 0.4) is 0 Å². The van der Waals surface area contributed by atoms with Gasteiger partial charge in [-0.15, -0.1) is 0 Å². The summed E-state index contributed by atoms with van der Waals surface area (Å²) in [4.78, 5) is 22.1. The molecule has 0 aliphatic carbocycles. The summed E-state index contributed by atoms with van der Waals surface area (Å²) >= 11 is 0. The van der Waals surface area contributed by atoms with E-state index in [0.717, 1.165) is 5.56 Å². The first kappa shape index (κ1) is 10.7.